The summed E-state index contributed by atoms with van der Waals surface area (Å²) >= 11 is 0.846. The van der Waals surface area contributed by atoms with E-state index in [1.165, 1.54) is 0 Å². The second-order valence-electron chi connectivity index (χ2n) is 6.64. The molecule has 0 saturated carbocycles. The van der Waals surface area contributed by atoms with Gasteiger partial charge in [-0.15, -0.1) is 0 Å². The van der Waals surface area contributed by atoms with Gasteiger partial charge in [-0.3, -0.25) is 19.3 Å². The van der Waals surface area contributed by atoms with Crippen molar-refractivity contribution in [3.8, 4) is 5.75 Å². The molecule has 2 heterocycles. The Hall–Kier alpha value is -2.32. The first-order valence-corrected chi connectivity index (χ1v) is 10.2. The highest BCUT2D eigenvalue weighted by Crippen LogP contribution is 2.34. The fraction of sp³-hybridized carbons (Fsp3) is 0.450. The van der Waals surface area contributed by atoms with Crippen molar-refractivity contribution in [3.63, 3.8) is 0 Å². The second kappa shape index (κ2) is 9.25. The fourth-order valence-electron chi connectivity index (χ4n) is 2.83. The minimum atomic E-state index is -0.449. The van der Waals surface area contributed by atoms with Gasteiger partial charge in [0, 0.05) is 18.7 Å². The van der Waals surface area contributed by atoms with Gasteiger partial charge in [0.25, 0.3) is 11.1 Å². The molecule has 2 aliphatic heterocycles. The molecule has 0 spiro atoms. The lowest BCUT2D eigenvalue weighted by Crippen LogP contribution is -2.46. The number of hydrogen-bond donors (Lipinski definition) is 0. The lowest BCUT2D eigenvalue weighted by atomic mass is 10.1. The Morgan fingerprint density at radius 2 is 2.00 bits per heavy atom. The Labute approximate surface area is 168 Å². The van der Waals surface area contributed by atoms with Crippen molar-refractivity contribution >= 4 is 34.9 Å². The first kappa shape index (κ1) is 20.4. The van der Waals surface area contributed by atoms with Gasteiger partial charge in [-0.1, -0.05) is 25.1 Å². The molecule has 3 amide bonds. The summed E-state index contributed by atoms with van der Waals surface area (Å²) in [7, 11) is 0. The molecule has 0 aromatic heterocycles. The molecule has 3 rings (SSSR count). The molecule has 0 radical (unpaired) electrons. The summed E-state index contributed by atoms with van der Waals surface area (Å²) in [6.07, 6.45) is 2.55. The average Bonchev–Trinajstić information content (AvgIpc) is 2.97. The number of rotatable bonds is 6. The van der Waals surface area contributed by atoms with Gasteiger partial charge >= 0.3 is 0 Å². The maximum atomic E-state index is 12.7. The van der Waals surface area contributed by atoms with Crippen LogP contribution in [0.3, 0.4) is 0 Å². The molecule has 2 fully saturated rings. The Balaban J connectivity index is 1.73. The molecule has 0 aliphatic carbocycles. The maximum absolute atomic E-state index is 12.7. The van der Waals surface area contributed by atoms with E-state index in [0.717, 1.165) is 28.6 Å². The van der Waals surface area contributed by atoms with E-state index >= 15 is 0 Å². The van der Waals surface area contributed by atoms with Crippen molar-refractivity contribution in [2.45, 2.75) is 26.4 Å². The van der Waals surface area contributed by atoms with Crippen LogP contribution in [0.5, 0.6) is 5.75 Å². The highest BCUT2D eigenvalue weighted by Gasteiger charge is 2.37. The summed E-state index contributed by atoms with van der Waals surface area (Å²) in [5.74, 6) is -0.0321. The number of morpholine rings is 1. The predicted octanol–water partition coefficient (Wildman–Crippen LogP) is 2.76. The normalized spacial score (nSPS) is 20.0. The zero-order chi connectivity index (χ0) is 20.1. The van der Waals surface area contributed by atoms with Crippen LogP contribution in [0.2, 0.25) is 0 Å². The minimum Gasteiger partial charge on any atom is -0.490 e. The van der Waals surface area contributed by atoms with Crippen LogP contribution in [0.4, 0.5) is 4.79 Å². The van der Waals surface area contributed by atoms with Gasteiger partial charge in [-0.2, -0.15) is 0 Å². The predicted molar refractivity (Wildman–Crippen MR) is 107 cm³/mol. The number of hydrogen-bond acceptors (Lipinski definition) is 6. The van der Waals surface area contributed by atoms with Crippen molar-refractivity contribution in [3.05, 3.63) is 34.7 Å². The van der Waals surface area contributed by atoms with Crippen LogP contribution in [-0.2, 0) is 14.3 Å². The number of imide groups is 1. The van der Waals surface area contributed by atoms with E-state index in [2.05, 4.69) is 0 Å². The summed E-state index contributed by atoms with van der Waals surface area (Å²) in [6, 6.07) is 7.39. The molecule has 0 bridgehead atoms. The summed E-state index contributed by atoms with van der Waals surface area (Å²) in [4.78, 5) is 40.3. The molecule has 1 aromatic rings. The number of carbonyl (C=O) groups is 3. The lowest BCUT2D eigenvalue weighted by molar-refractivity contribution is -0.139. The third-order valence-electron chi connectivity index (χ3n) is 4.64. The molecule has 1 aromatic carbocycles. The minimum absolute atomic E-state index is 0.0377. The SMILES string of the molecule is CCC(C)Oc1ccccc1/C=C1\SC(=O)N(CC(=O)N2CCOCC2)C1=O. The largest absolute Gasteiger partial charge is 0.490 e. The molecular formula is C20H24N2O5S. The Kier molecular flexibility index (Phi) is 6.74. The van der Waals surface area contributed by atoms with Gasteiger partial charge in [0.2, 0.25) is 5.91 Å². The average molecular weight is 404 g/mol. The van der Waals surface area contributed by atoms with E-state index in [0.29, 0.717) is 37.0 Å². The highest BCUT2D eigenvalue weighted by molar-refractivity contribution is 8.18. The standard InChI is InChI=1S/C20H24N2O5S/c1-3-14(2)27-16-7-5-4-6-15(16)12-17-19(24)22(20(25)28-17)13-18(23)21-8-10-26-11-9-21/h4-7,12,14H,3,8-11,13H2,1-2H3/b17-12-. The van der Waals surface area contributed by atoms with Crippen molar-refractivity contribution in [2.24, 2.45) is 0 Å². The Bertz CT molecular complexity index is 789. The maximum Gasteiger partial charge on any atom is 0.294 e. The van der Waals surface area contributed by atoms with E-state index in [-0.39, 0.29) is 18.6 Å². The smallest absolute Gasteiger partial charge is 0.294 e. The van der Waals surface area contributed by atoms with Crippen LogP contribution in [-0.4, -0.2) is 65.8 Å². The second-order valence-corrected chi connectivity index (χ2v) is 7.63. The number of nitrogens with zero attached hydrogens (tertiary/aromatic N) is 2. The summed E-state index contributed by atoms with van der Waals surface area (Å²) in [5.41, 5.74) is 0.729. The topological polar surface area (TPSA) is 76.2 Å². The molecule has 28 heavy (non-hydrogen) atoms. The lowest BCUT2D eigenvalue weighted by Gasteiger charge is -2.28. The molecule has 0 N–H and O–H groups in total. The molecule has 7 nitrogen and oxygen atoms in total. The van der Waals surface area contributed by atoms with Gasteiger partial charge in [-0.25, -0.2) is 0 Å². The molecule has 2 aliphatic rings. The fourth-order valence-corrected chi connectivity index (χ4v) is 3.66. The number of carbonyl (C=O) groups excluding carboxylic acids is 3. The Morgan fingerprint density at radius 3 is 2.71 bits per heavy atom. The van der Waals surface area contributed by atoms with Crippen LogP contribution in [0.1, 0.15) is 25.8 Å². The van der Waals surface area contributed by atoms with Crippen LogP contribution in [0, 0.1) is 0 Å². The van der Waals surface area contributed by atoms with E-state index in [1.807, 2.05) is 38.1 Å². The first-order chi connectivity index (χ1) is 13.5. The monoisotopic (exact) mass is 404 g/mol. The van der Waals surface area contributed by atoms with Crippen molar-refractivity contribution < 1.29 is 23.9 Å². The first-order valence-electron chi connectivity index (χ1n) is 9.36. The molecule has 2 saturated heterocycles. The van der Waals surface area contributed by atoms with E-state index in [1.54, 1.807) is 11.0 Å². The van der Waals surface area contributed by atoms with Crippen molar-refractivity contribution in [1.29, 1.82) is 0 Å². The van der Waals surface area contributed by atoms with Gasteiger partial charge in [-0.05, 0) is 37.2 Å². The molecule has 150 valence electrons. The molecular weight excluding hydrogens is 380 g/mol. The third kappa shape index (κ3) is 4.74. The van der Waals surface area contributed by atoms with Crippen LogP contribution in [0.25, 0.3) is 6.08 Å². The van der Waals surface area contributed by atoms with Crippen LogP contribution < -0.4 is 4.74 Å². The zero-order valence-corrected chi connectivity index (χ0v) is 16.9. The number of amides is 3. The number of para-hydroxylation sites is 1. The summed E-state index contributed by atoms with van der Waals surface area (Å²) in [6.45, 7) is 5.66. The number of benzene rings is 1. The van der Waals surface area contributed by atoms with E-state index < -0.39 is 11.1 Å². The van der Waals surface area contributed by atoms with Gasteiger partial charge in [0.15, 0.2) is 0 Å². The van der Waals surface area contributed by atoms with Crippen LogP contribution >= 0.6 is 11.8 Å². The van der Waals surface area contributed by atoms with Crippen molar-refractivity contribution in [1.82, 2.24) is 9.80 Å². The molecule has 1 atom stereocenters. The van der Waals surface area contributed by atoms with Crippen LogP contribution in [0.15, 0.2) is 29.2 Å². The quantitative estimate of drug-likeness (QED) is 0.679. The van der Waals surface area contributed by atoms with E-state index in [4.69, 9.17) is 9.47 Å². The summed E-state index contributed by atoms with van der Waals surface area (Å²) in [5, 5.41) is -0.432. The van der Waals surface area contributed by atoms with Crippen molar-refractivity contribution in [2.75, 3.05) is 32.8 Å². The summed E-state index contributed by atoms with van der Waals surface area (Å²) < 4.78 is 11.1. The molecule has 8 heteroatoms. The number of thioether (sulfide) groups is 1. The highest BCUT2D eigenvalue weighted by atomic mass is 32.2. The Morgan fingerprint density at radius 1 is 1.29 bits per heavy atom. The molecule has 1 unspecified atom stereocenters. The van der Waals surface area contributed by atoms with Gasteiger partial charge in [0.1, 0.15) is 12.3 Å². The third-order valence-corrected chi connectivity index (χ3v) is 5.55. The van der Waals surface area contributed by atoms with Gasteiger partial charge < -0.3 is 14.4 Å². The number of ether oxygens (including phenoxy) is 2. The zero-order valence-electron chi connectivity index (χ0n) is 16.1. The van der Waals surface area contributed by atoms with E-state index in [9.17, 15) is 14.4 Å². The van der Waals surface area contributed by atoms with Gasteiger partial charge in [0.05, 0.1) is 24.2 Å².